The number of nitrogens with zero attached hydrogens (tertiary/aromatic N) is 2. The summed E-state index contributed by atoms with van der Waals surface area (Å²) >= 11 is 0. The SMILES string of the molecule is CCn1ncc(NCc2ccccc2C(=O)O)c1C. The molecule has 1 heterocycles. The molecule has 5 nitrogen and oxygen atoms in total. The minimum atomic E-state index is -0.904. The summed E-state index contributed by atoms with van der Waals surface area (Å²) < 4.78 is 1.89. The standard InChI is InChI=1S/C14H17N3O2/c1-3-17-10(2)13(9-16-17)15-8-11-6-4-5-7-12(11)14(18)19/h4-7,9,15H,3,8H2,1-2H3,(H,18,19). The van der Waals surface area contributed by atoms with E-state index in [1.165, 1.54) is 0 Å². The van der Waals surface area contributed by atoms with Gasteiger partial charge in [-0.1, -0.05) is 18.2 Å². The molecule has 100 valence electrons. The highest BCUT2D eigenvalue weighted by Gasteiger charge is 2.10. The molecule has 2 rings (SSSR count). The van der Waals surface area contributed by atoms with E-state index in [2.05, 4.69) is 10.4 Å². The van der Waals surface area contributed by atoms with Gasteiger partial charge in [-0.05, 0) is 25.5 Å². The highest BCUT2D eigenvalue weighted by molar-refractivity contribution is 5.89. The Morgan fingerprint density at radius 2 is 2.16 bits per heavy atom. The van der Waals surface area contributed by atoms with Crippen molar-refractivity contribution in [2.75, 3.05) is 5.32 Å². The van der Waals surface area contributed by atoms with E-state index in [1.54, 1.807) is 18.3 Å². The Kier molecular flexibility index (Phi) is 3.85. The number of aromatic nitrogens is 2. The maximum absolute atomic E-state index is 11.1. The molecule has 1 aromatic heterocycles. The molecule has 0 radical (unpaired) electrons. The third-order valence-corrected chi connectivity index (χ3v) is 3.12. The van der Waals surface area contributed by atoms with Gasteiger partial charge in [0.2, 0.25) is 0 Å². The van der Waals surface area contributed by atoms with Crippen LogP contribution < -0.4 is 5.32 Å². The summed E-state index contributed by atoms with van der Waals surface area (Å²) in [5, 5.41) is 16.6. The first-order valence-electron chi connectivity index (χ1n) is 6.21. The number of hydrogen-bond donors (Lipinski definition) is 2. The Hall–Kier alpha value is -2.30. The fraction of sp³-hybridized carbons (Fsp3) is 0.286. The topological polar surface area (TPSA) is 67.2 Å². The Morgan fingerprint density at radius 1 is 1.42 bits per heavy atom. The fourth-order valence-corrected chi connectivity index (χ4v) is 2.01. The summed E-state index contributed by atoms with van der Waals surface area (Å²) in [6, 6.07) is 7.00. The van der Waals surface area contributed by atoms with Crippen molar-refractivity contribution in [1.82, 2.24) is 9.78 Å². The zero-order valence-electron chi connectivity index (χ0n) is 11.1. The van der Waals surface area contributed by atoms with E-state index < -0.39 is 5.97 Å². The van der Waals surface area contributed by atoms with Crippen LogP contribution in [0.2, 0.25) is 0 Å². The molecule has 0 atom stereocenters. The van der Waals surface area contributed by atoms with Crippen LogP contribution in [0, 0.1) is 6.92 Å². The molecule has 0 aliphatic rings. The fourth-order valence-electron chi connectivity index (χ4n) is 2.01. The average Bonchev–Trinajstić information content (AvgIpc) is 2.77. The van der Waals surface area contributed by atoms with Crippen molar-refractivity contribution < 1.29 is 9.90 Å². The van der Waals surface area contributed by atoms with Crippen LogP contribution >= 0.6 is 0 Å². The van der Waals surface area contributed by atoms with Crippen LogP contribution in [0.1, 0.15) is 28.5 Å². The lowest BCUT2D eigenvalue weighted by Crippen LogP contribution is -2.07. The van der Waals surface area contributed by atoms with Gasteiger partial charge in [-0.2, -0.15) is 5.10 Å². The van der Waals surface area contributed by atoms with Crippen LogP contribution in [0.15, 0.2) is 30.5 Å². The van der Waals surface area contributed by atoms with Gasteiger partial charge in [0.1, 0.15) is 0 Å². The molecule has 0 aliphatic carbocycles. The Balaban J connectivity index is 2.14. The number of benzene rings is 1. The molecular weight excluding hydrogens is 242 g/mol. The molecule has 0 amide bonds. The smallest absolute Gasteiger partial charge is 0.336 e. The van der Waals surface area contributed by atoms with E-state index in [-0.39, 0.29) is 0 Å². The van der Waals surface area contributed by atoms with Crippen molar-refractivity contribution in [2.45, 2.75) is 26.9 Å². The molecule has 1 aromatic carbocycles. The largest absolute Gasteiger partial charge is 0.478 e. The first kappa shape index (κ1) is 13.1. The summed E-state index contributed by atoms with van der Waals surface area (Å²) in [6.07, 6.45) is 1.77. The quantitative estimate of drug-likeness (QED) is 0.865. The van der Waals surface area contributed by atoms with Crippen LogP contribution in [0.25, 0.3) is 0 Å². The molecule has 0 saturated heterocycles. The maximum Gasteiger partial charge on any atom is 0.336 e. The molecule has 0 aliphatic heterocycles. The van der Waals surface area contributed by atoms with Gasteiger partial charge in [-0.25, -0.2) is 4.79 Å². The van der Waals surface area contributed by atoms with Gasteiger partial charge < -0.3 is 10.4 Å². The van der Waals surface area contributed by atoms with Gasteiger partial charge in [-0.15, -0.1) is 0 Å². The van der Waals surface area contributed by atoms with Crippen molar-refractivity contribution in [3.63, 3.8) is 0 Å². The average molecular weight is 259 g/mol. The van der Waals surface area contributed by atoms with Gasteiger partial charge in [0.25, 0.3) is 0 Å². The van der Waals surface area contributed by atoms with Gasteiger partial charge in [-0.3, -0.25) is 4.68 Å². The molecule has 0 spiro atoms. The lowest BCUT2D eigenvalue weighted by molar-refractivity contribution is 0.0696. The van der Waals surface area contributed by atoms with Crippen LogP contribution in [0.3, 0.4) is 0 Å². The van der Waals surface area contributed by atoms with Crippen molar-refractivity contribution in [2.24, 2.45) is 0 Å². The van der Waals surface area contributed by atoms with E-state index in [0.717, 1.165) is 23.5 Å². The molecule has 5 heteroatoms. The number of carboxylic acid groups (broad SMARTS) is 1. The van der Waals surface area contributed by atoms with Gasteiger partial charge in [0, 0.05) is 13.1 Å². The second kappa shape index (κ2) is 5.56. The van der Waals surface area contributed by atoms with Crippen LogP contribution in [0.4, 0.5) is 5.69 Å². The zero-order chi connectivity index (χ0) is 13.8. The summed E-state index contributed by atoms with van der Waals surface area (Å²) in [6.45, 7) is 5.31. The van der Waals surface area contributed by atoms with E-state index in [9.17, 15) is 4.79 Å². The van der Waals surface area contributed by atoms with E-state index >= 15 is 0 Å². The zero-order valence-corrected chi connectivity index (χ0v) is 11.1. The van der Waals surface area contributed by atoms with Crippen molar-refractivity contribution >= 4 is 11.7 Å². The van der Waals surface area contributed by atoms with Crippen molar-refractivity contribution in [3.8, 4) is 0 Å². The van der Waals surface area contributed by atoms with Crippen molar-refractivity contribution in [3.05, 3.63) is 47.3 Å². The molecular formula is C14H17N3O2. The van der Waals surface area contributed by atoms with Gasteiger partial charge >= 0.3 is 5.97 Å². The summed E-state index contributed by atoms with van der Waals surface area (Å²) in [4.78, 5) is 11.1. The highest BCUT2D eigenvalue weighted by atomic mass is 16.4. The summed E-state index contributed by atoms with van der Waals surface area (Å²) in [7, 11) is 0. The summed E-state index contributed by atoms with van der Waals surface area (Å²) in [5.41, 5.74) is 3.08. The first-order chi connectivity index (χ1) is 9.13. The van der Waals surface area contributed by atoms with Crippen LogP contribution in [0.5, 0.6) is 0 Å². The normalized spacial score (nSPS) is 10.4. The number of nitrogens with one attached hydrogen (secondary N) is 1. The van der Waals surface area contributed by atoms with E-state index in [1.807, 2.05) is 30.7 Å². The molecule has 2 aromatic rings. The Bertz CT molecular complexity index is 590. The third-order valence-electron chi connectivity index (χ3n) is 3.12. The Morgan fingerprint density at radius 3 is 2.79 bits per heavy atom. The predicted octanol–water partition coefficient (Wildman–Crippen LogP) is 2.52. The van der Waals surface area contributed by atoms with Gasteiger partial charge in [0.15, 0.2) is 0 Å². The number of aromatic carboxylic acids is 1. The second-order valence-electron chi connectivity index (χ2n) is 4.28. The predicted molar refractivity (Wildman–Crippen MR) is 73.4 cm³/mol. The lowest BCUT2D eigenvalue weighted by atomic mass is 10.1. The summed E-state index contributed by atoms with van der Waals surface area (Å²) in [5.74, 6) is -0.904. The number of anilines is 1. The maximum atomic E-state index is 11.1. The van der Waals surface area contributed by atoms with Gasteiger partial charge in [0.05, 0.1) is 23.1 Å². The highest BCUT2D eigenvalue weighted by Crippen LogP contribution is 2.16. The van der Waals surface area contributed by atoms with Crippen molar-refractivity contribution in [1.29, 1.82) is 0 Å². The minimum Gasteiger partial charge on any atom is -0.478 e. The molecule has 0 bridgehead atoms. The molecule has 0 fully saturated rings. The molecule has 0 saturated carbocycles. The first-order valence-corrected chi connectivity index (χ1v) is 6.21. The molecule has 2 N–H and O–H groups in total. The van der Waals surface area contributed by atoms with E-state index in [4.69, 9.17) is 5.11 Å². The monoisotopic (exact) mass is 259 g/mol. The number of carbonyl (C=O) groups is 1. The number of carboxylic acids is 1. The Labute approximate surface area is 111 Å². The third kappa shape index (κ3) is 2.76. The molecule has 19 heavy (non-hydrogen) atoms. The second-order valence-corrected chi connectivity index (χ2v) is 4.28. The number of rotatable bonds is 5. The molecule has 0 unspecified atom stereocenters. The number of aryl methyl sites for hydroxylation is 1. The minimum absolute atomic E-state index is 0.329. The number of hydrogen-bond acceptors (Lipinski definition) is 3. The van der Waals surface area contributed by atoms with Crippen LogP contribution in [-0.4, -0.2) is 20.9 Å². The lowest BCUT2D eigenvalue weighted by Gasteiger charge is -2.08. The van der Waals surface area contributed by atoms with E-state index in [0.29, 0.717) is 12.1 Å². The van der Waals surface area contributed by atoms with Crippen LogP contribution in [-0.2, 0) is 13.1 Å².